The maximum atomic E-state index is 2.12. The van der Waals surface area contributed by atoms with Crippen molar-refractivity contribution in [3.05, 3.63) is 303 Å². The van der Waals surface area contributed by atoms with Gasteiger partial charge in [0, 0.05) is 0 Å². The Labute approximate surface area is 418 Å². The van der Waals surface area contributed by atoms with Crippen molar-refractivity contribution in [1.82, 2.24) is 0 Å². The monoisotopic (exact) mass is 950 g/mol. The van der Waals surface area contributed by atoms with E-state index in [2.05, 4.69) is 243 Å². The van der Waals surface area contributed by atoms with Crippen LogP contribution in [0.2, 0.25) is 0 Å². The van der Waals surface area contributed by atoms with Crippen LogP contribution in [0.3, 0.4) is 0 Å². The van der Waals surface area contributed by atoms with Gasteiger partial charge in [0.15, 0.2) is 0 Å². The fourth-order valence-corrected chi connectivity index (χ4v) is 6.31. The van der Waals surface area contributed by atoms with E-state index in [9.17, 15) is 0 Å². The summed E-state index contributed by atoms with van der Waals surface area (Å²) in [4.78, 5) is 0. The molecule has 65 heavy (non-hydrogen) atoms. The molecule has 0 aliphatic rings. The molecule has 0 nitrogen and oxygen atoms in total. The van der Waals surface area contributed by atoms with Gasteiger partial charge in [0.05, 0.1) is 0 Å². The molecule has 0 fully saturated rings. The van der Waals surface area contributed by atoms with E-state index < -0.39 is 0 Å². The predicted molar refractivity (Wildman–Crippen MR) is 296 cm³/mol. The van der Waals surface area contributed by atoms with Gasteiger partial charge in [-0.1, -0.05) is 303 Å². The lowest BCUT2D eigenvalue weighted by Crippen LogP contribution is -1.73. The maximum absolute atomic E-state index is 2.12. The van der Waals surface area contributed by atoms with Gasteiger partial charge in [-0.2, -0.15) is 0 Å². The average Bonchev–Trinajstić information content (AvgIpc) is 3.37. The Morgan fingerprint density at radius 2 is 0.154 bits per heavy atom. The van der Waals surface area contributed by atoms with Crippen LogP contribution in [0.25, 0.3) is 55.6 Å². The van der Waals surface area contributed by atoms with Gasteiger partial charge in [-0.05, 0) is 55.6 Å². The van der Waals surface area contributed by atoms with Crippen molar-refractivity contribution in [1.29, 1.82) is 0 Å². The molecule has 10 aromatic rings. The van der Waals surface area contributed by atoms with Gasteiger partial charge in [0.2, 0.25) is 0 Å². The molecule has 330 valence electrons. The minimum absolute atomic E-state index is 0. The Morgan fingerprint density at radius 1 is 0.0923 bits per heavy atom. The first-order valence-corrected chi connectivity index (χ1v) is 20.4. The van der Waals surface area contributed by atoms with Crippen molar-refractivity contribution < 1.29 is 0 Å². The Balaban J connectivity index is 0.000000399. The van der Waals surface area contributed by atoms with Crippen LogP contribution in [0.15, 0.2) is 303 Å². The van der Waals surface area contributed by atoms with E-state index in [-0.39, 0.29) is 62.0 Å². The van der Waals surface area contributed by atoms with E-state index in [4.69, 9.17) is 0 Å². The standard InChI is InChI=1S/5C12H10.5ClH/c5*1-3-7-11(8-4-1)12-9-5-2-6-10-12;;;;;/h5*1-10H;5*1H. The molecular weight excluding hydrogens is 898 g/mol. The molecule has 0 unspecified atom stereocenters. The van der Waals surface area contributed by atoms with Crippen LogP contribution in [0.4, 0.5) is 0 Å². The van der Waals surface area contributed by atoms with Crippen molar-refractivity contribution >= 4 is 62.0 Å². The van der Waals surface area contributed by atoms with Gasteiger partial charge >= 0.3 is 0 Å². The smallest absolute Gasteiger partial charge is 0.0184 e. The normalized spacial score (nSPS) is 8.92. The summed E-state index contributed by atoms with van der Waals surface area (Å²) in [6, 6.07) is 104. The maximum Gasteiger partial charge on any atom is -0.0184 e. The Morgan fingerprint density at radius 3 is 0.215 bits per heavy atom. The molecule has 0 aliphatic carbocycles. The van der Waals surface area contributed by atoms with Gasteiger partial charge < -0.3 is 0 Å². The lowest BCUT2D eigenvalue weighted by molar-refractivity contribution is 1.62. The summed E-state index contributed by atoms with van der Waals surface area (Å²) in [5.41, 5.74) is 12.8. The third-order valence-electron chi connectivity index (χ3n) is 9.40. The minimum Gasteiger partial charge on any atom is -0.147 e. The SMILES string of the molecule is Cl.Cl.Cl.Cl.Cl.c1ccc(-c2ccccc2)cc1.c1ccc(-c2ccccc2)cc1.c1ccc(-c2ccccc2)cc1.c1ccc(-c2ccccc2)cc1.c1ccc(-c2ccccc2)cc1. The molecule has 0 N–H and O–H groups in total. The molecule has 0 saturated heterocycles. The van der Waals surface area contributed by atoms with Crippen molar-refractivity contribution in [3.63, 3.8) is 0 Å². The second-order valence-electron chi connectivity index (χ2n) is 13.7. The second kappa shape index (κ2) is 34.1. The van der Waals surface area contributed by atoms with E-state index in [1.165, 1.54) is 55.6 Å². The highest BCUT2D eigenvalue weighted by molar-refractivity contribution is 5.86. The first-order chi connectivity index (χ1) is 29.8. The van der Waals surface area contributed by atoms with E-state index >= 15 is 0 Å². The third kappa shape index (κ3) is 20.4. The largest absolute Gasteiger partial charge is 0.147 e. The van der Waals surface area contributed by atoms with Crippen molar-refractivity contribution in [3.8, 4) is 55.6 Å². The number of rotatable bonds is 5. The molecule has 10 aromatic carbocycles. The fourth-order valence-electron chi connectivity index (χ4n) is 6.31. The molecule has 0 amide bonds. The zero-order valence-corrected chi connectivity index (χ0v) is 40.0. The van der Waals surface area contributed by atoms with Crippen LogP contribution in [0.1, 0.15) is 0 Å². The second-order valence-corrected chi connectivity index (χ2v) is 13.7. The first kappa shape index (κ1) is 56.7. The number of halogens is 5. The molecule has 10 rings (SSSR count). The molecule has 0 saturated carbocycles. The van der Waals surface area contributed by atoms with Crippen molar-refractivity contribution in [2.45, 2.75) is 0 Å². The zero-order chi connectivity index (χ0) is 41.1. The van der Waals surface area contributed by atoms with Crippen LogP contribution < -0.4 is 0 Å². The summed E-state index contributed by atoms with van der Waals surface area (Å²) in [5, 5.41) is 0. The molecule has 0 atom stereocenters. The van der Waals surface area contributed by atoms with Gasteiger partial charge in [0.25, 0.3) is 0 Å². The van der Waals surface area contributed by atoms with E-state index in [0.29, 0.717) is 0 Å². The number of benzene rings is 10. The number of hydrogen-bond donors (Lipinski definition) is 0. The molecule has 5 heteroatoms. The van der Waals surface area contributed by atoms with Gasteiger partial charge in [0.1, 0.15) is 0 Å². The van der Waals surface area contributed by atoms with Gasteiger partial charge in [-0.15, -0.1) is 62.0 Å². The van der Waals surface area contributed by atoms with Crippen LogP contribution in [0.5, 0.6) is 0 Å². The summed E-state index contributed by atoms with van der Waals surface area (Å²) in [6.45, 7) is 0. The lowest BCUT2D eigenvalue weighted by atomic mass is 10.1. The third-order valence-corrected chi connectivity index (χ3v) is 9.40. The molecule has 0 spiro atoms. The molecule has 0 aliphatic heterocycles. The van der Waals surface area contributed by atoms with E-state index in [0.717, 1.165) is 0 Å². The first-order valence-electron chi connectivity index (χ1n) is 20.4. The summed E-state index contributed by atoms with van der Waals surface area (Å²) < 4.78 is 0. The van der Waals surface area contributed by atoms with Crippen molar-refractivity contribution in [2.75, 3.05) is 0 Å². The van der Waals surface area contributed by atoms with Crippen LogP contribution in [-0.2, 0) is 0 Å². The van der Waals surface area contributed by atoms with Crippen LogP contribution in [0, 0.1) is 0 Å². The average molecular weight is 953 g/mol. The summed E-state index contributed by atoms with van der Waals surface area (Å²) >= 11 is 0. The van der Waals surface area contributed by atoms with Crippen LogP contribution in [-0.4, -0.2) is 0 Å². The molecular formula is C60H55Cl5. The fraction of sp³-hybridized carbons (Fsp3) is 0. The Bertz CT molecular complexity index is 1950. The van der Waals surface area contributed by atoms with E-state index in [1.807, 2.05) is 60.7 Å². The highest BCUT2D eigenvalue weighted by atomic mass is 35.5. The summed E-state index contributed by atoms with van der Waals surface area (Å²) in [7, 11) is 0. The highest BCUT2D eigenvalue weighted by Gasteiger charge is 1.95. The topological polar surface area (TPSA) is 0 Å². The van der Waals surface area contributed by atoms with Gasteiger partial charge in [-0.3, -0.25) is 0 Å². The Kier molecular flexibility index (Phi) is 29.7. The minimum atomic E-state index is 0. The molecule has 0 radical (unpaired) electrons. The van der Waals surface area contributed by atoms with Crippen LogP contribution >= 0.6 is 62.0 Å². The zero-order valence-electron chi connectivity index (χ0n) is 35.9. The predicted octanol–water partition coefficient (Wildman–Crippen LogP) is 18.9. The van der Waals surface area contributed by atoms with E-state index in [1.54, 1.807) is 0 Å². The number of hydrogen-bond acceptors (Lipinski definition) is 0. The molecule has 0 aromatic heterocycles. The molecule has 0 heterocycles. The summed E-state index contributed by atoms with van der Waals surface area (Å²) in [6.07, 6.45) is 0. The highest BCUT2D eigenvalue weighted by Crippen LogP contribution is 2.21. The van der Waals surface area contributed by atoms with Gasteiger partial charge in [-0.25, -0.2) is 0 Å². The van der Waals surface area contributed by atoms with Crippen molar-refractivity contribution in [2.24, 2.45) is 0 Å². The quantitative estimate of drug-likeness (QED) is 0.161. The Hall–Kier alpha value is -6.35. The lowest BCUT2D eigenvalue weighted by Gasteiger charge is -1.98. The molecule has 0 bridgehead atoms. The summed E-state index contributed by atoms with van der Waals surface area (Å²) in [5.74, 6) is 0.